The Labute approximate surface area is 180 Å². The summed E-state index contributed by atoms with van der Waals surface area (Å²) in [6.07, 6.45) is 0.531. The van der Waals surface area contributed by atoms with Crippen LogP contribution in [0.3, 0.4) is 0 Å². The molecule has 1 heterocycles. The number of hydrogen-bond acceptors (Lipinski definition) is 9. The van der Waals surface area contributed by atoms with Gasteiger partial charge in [0, 0.05) is 18.8 Å². The van der Waals surface area contributed by atoms with Crippen molar-refractivity contribution in [2.24, 2.45) is 5.92 Å². The topological polar surface area (TPSA) is 145 Å². The van der Waals surface area contributed by atoms with Gasteiger partial charge in [0.15, 0.2) is 6.29 Å². The van der Waals surface area contributed by atoms with E-state index in [9.17, 15) is 18.3 Å². The zero-order chi connectivity index (χ0) is 22.3. The lowest BCUT2D eigenvalue weighted by Gasteiger charge is -2.24. The highest BCUT2D eigenvalue weighted by atomic mass is 35.5. The Balaban J connectivity index is 2.31. The van der Waals surface area contributed by atoms with Crippen LogP contribution in [0.15, 0.2) is 29.2 Å². The molecule has 0 fully saturated rings. The monoisotopic (exact) mass is 457 g/mol. The molecule has 164 valence electrons. The Kier molecular flexibility index (Phi) is 8.50. The van der Waals surface area contributed by atoms with Crippen LogP contribution >= 0.6 is 11.6 Å². The summed E-state index contributed by atoms with van der Waals surface area (Å²) < 4.78 is 26.4. The smallest absolute Gasteiger partial charge is 0.240 e. The summed E-state index contributed by atoms with van der Waals surface area (Å²) in [6.45, 7) is 3.60. The van der Waals surface area contributed by atoms with Crippen molar-refractivity contribution in [3.8, 4) is 0 Å². The Morgan fingerprint density at radius 2 is 1.87 bits per heavy atom. The van der Waals surface area contributed by atoms with Crippen molar-refractivity contribution in [1.82, 2.24) is 14.7 Å². The number of carbonyl (C=O) groups is 1. The molecule has 0 aliphatic rings. The molecule has 12 heteroatoms. The Bertz CT molecular complexity index is 970. The van der Waals surface area contributed by atoms with Gasteiger partial charge >= 0.3 is 0 Å². The number of hydrogen-bond donors (Lipinski definition) is 4. The number of benzene rings is 1. The lowest BCUT2D eigenvalue weighted by Crippen LogP contribution is -2.30. The van der Waals surface area contributed by atoms with Crippen molar-refractivity contribution in [2.45, 2.75) is 18.7 Å². The van der Waals surface area contributed by atoms with E-state index in [1.54, 1.807) is 0 Å². The maximum atomic E-state index is 12.1. The Hall–Kier alpha value is -2.31. The SMILES string of the molecule is CC(C)CN(CO)c1nc(Nc2ccc(S(=O)(=O)NCCO)cc2)nc(Cl)c1C=O. The van der Waals surface area contributed by atoms with Crippen molar-refractivity contribution in [3.05, 3.63) is 35.0 Å². The second kappa shape index (κ2) is 10.6. The number of nitrogens with one attached hydrogen (secondary N) is 2. The maximum absolute atomic E-state index is 12.1. The average Bonchev–Trinajstić information content (AvgIpc) is 2.70. The van der Waals surface area contributed by atoms with Gasteiger partial charge in [-0.2, -0.15) is 9.97 Å². The lowest BCUT2D eigenvalue weighted by molar-refractivity contribution is 0.112. The van der Waals surface area contributed by atoms with Crippen molar-refractivity contribution in [1.29, 1.82) is 0 Å². The number of aliphatic hydroxyl groups is 2. The fraction of sp³-hybridized carbons (Fsp3) is 0.389. The first-order chi connectivity index (χ1) is 14.2. The van der Waals surface area contributed by atoms with Crippen LogP contribution in [0.1, 0.15) is 24.2 Å². The maximum Gasteiger partial charge on any atom is 0.240 e. The second-order valence-electron chi connectivity index (χ2n) is 6.72. The molecule has 0 saturated heterocycles. The molecule has 1 aromatic heterocycles. The molecule has 0 atom stereocenters. The number of anilines is 3. The van der Waals surface area contributed by atoms with Crippen LogP contribution in [0.5, 0.6) is 0 Å². The predicted octanol–water partition coefficient (Wildman–Crippen LogP) is 1.37. The minimum Gasteiger partial charge on any atom is -0.395 e. The van der Waals surface area contributed by atoms with Crippen molar-refractivity contribution < 1.29 is 23.4 Å². The number of sulfonamides is 1. The minimum atomic E-state index is -3.72. The van der Waals surface area contributed by atoms with Crippen LogP contribution in [-0.2, 0) is 10.0 Å². The molecule has 0 saturated carbocycles. The fourth-order valence-electron chi connectivity index (χ4n) is 2.59. The average molecular weight is 458 g/mol. The van der Waals surface area contributed by atoms with Crippen LogP contribution in [0.25, 0.3) is 0 Å². The predicted molar refractivity (Wildman–Crippen MR) is 114 cm³/mol. The van der Waals surface area contributed by atoms with Crippen LogP contribution in [0, 0.1) is 5.92 Å². The van der Waals surface area contributed by atoms with Crippen LogP contribution < -0.4 is 14.9 Å². The normalized spacial score (nSPS) is 11.5. The quantitative estimate of drug-likeness (QED) is 0.223. The number of aldehydes is 1. The van der Waals surface area contributed by atoms with E-state index in [1.807, 2.05) is 13.8 Å². The molecule has 0 unspecified atom stereocenters. The third-order valence-corrected chi connectivity index (χ3v) is 5.64. The van der Waals surface area contributed by atoms with Gasteiger partial charge in [0.1, 0.15) is 17.7 Å². The molecule has 10 nitrogen and oxygen atoms in total. The number of nitrogens with zero attached hydrogens (tertiary/aromatic N) is 3. The van der Waals surface area contributed by atoms with Gasteiger partial charge in [0.2, 0.25) is 16.0 Å². The molecular weight excluding hydrogens is 434 g/mol. The number of halogens is 1. The van der Waals surface area contributed by atoms with Gasteiger partial charge in [-0.05, 0) is 30.2 Å². The molecular formula is C18H24ClN5O5S. The number of aliphatic hydroxyl groups excluding tert-OH is 2. The molecule has 2 rings (SSSR count). The van der Waals surface area contributed by atoms with Gasteiger partial charge in [-0.25, -0.2) is 13.1 Å². The third-order valence-electron chi connectivity index (χ3n) is 3.88. The minimum absolute atomic E-state index is 0.0285. The summed E-state index contributed by atoms with van der Waals surface area (Å²) in [4.78, 5) is 21.4. The van der Waals surface area contributed by atoms with Gasteiger partial charge in [0.25, 0.3) is 0 Å². The van der Waals surface area contributed by atoms with Gasteiger partial charge in [-0.15, -0.1) is 0 Å². The summed E-state index contributed by atoms with van der Waals surface area (Å²) in [5.41, 5.74) is 0.546. The van der Waals surface area contributed by atoms with E-state index in [0.29, 0.717) is 18.5 Å². The molecule has 0 bridgehead atoms. The van der Waals surface area contributed by atoms with E-state index < -0.39 is 10.0 Å². The summed E-state index contributed by atoms with van der Waals surface area (Å²) in [7, 11) is -3.72. The number of aromatic nitrogens is 2. The molecule has 0 aliphatic heterocycles. The van der Waals surface area contributed by atoms with E-state index in [-0.39, 0.29) is 53.2 Å². The molecule has 4 N–H and O–H groups in total. The number of carbonyl (C=O) groups excluding carboxylic acids is 1. The van der Waals surface area contributed by atoms with Crippen molar-refractivity contribution >= 4 is 45.4 Å². The zero-order valence-corrected chi connectivity index (χ0v) is 18.1. The van der Waals surface area contributed by atoms with E-state index in [2.05, 4.69) is 20.0 Å². The standard InChI is InChI=1S/C18H24ClN5O5S/c1-12(2)9-24(11-27)17-15(10-26)16(19)22-18(23-17)21-13-3-5-14(6-4-13)30(28,29)20-7-8-25/h3-6,10,12,20,25,27H,7-9,11H2,1-2H3,(H,21,22,23). The van der Waals surface area contributed by atoms with Gasteiger partial charge in [0.05, 0.1) is 17.1 Å². The highest BCUT2D eigenvalue weighted by Gasteiger charge is 2.19. The van der Waals surface area contributed by atoms with Gasteiger partial charge in [-0.1, -0.05) is 25.4 Å². The summed E-state index contributed by atoms with van der Waals surface area (Å²) in [6, 6.07) is 5.78. The molecule has 0 radical (unpaired) electrons. The molecule has 30 heavy (non-hydrogen) atoms. The zero-order valence-electron chi connectivity index (χ0n) is 16.5. The van der Waals surface area contributed by atoms with Crippen LogP contribution in [-0.4, -0.2) is 61.3 Å². The van der Waals surface area contributed by atoms with Crippen molar-refractivity contribution in [2.75, 3.05) is 36.6 Å². The van der Waals surface area contributed by atoms with Gasteiger partial charge < -0.3 is 20.4 Å². The second-order valence-corrected chi connectivity index (χ2v) is 8.85. The first kappa shape index (κ1) is 24.0. The lowest BCUT2D eigenvalue weighted by atomic mass is 10.2. The fourth-order valence-corrected chi connectivity index (χ4v) is 3.82. The largest absolute Gasteiger partial charge is 0.395 e. The van der Waals surface area contributed by atoms with E-state index >= 15 is 0 Å². The molecule has 2 aromatic rings. The Morgan fingerprint density at radius 1 is 1.20 bits per heavy atom. The van der Waals surface area contributed by atoms with Crippen LogP contribution in [0.4, 0.5) is 17.5 Å². The highest BCUT2D eigenvalue weighted by Crippen LogP contribution is 2.26. The van der Waals surface area contributed by atoms with Crippen LogP contribution in [0.2, 0.25) is 5.15 Å². The van der Waals surface area contributed by atoms with Gasteiger partial charge in [-0.3, -0.25) is 4.79 Å². The summed E-state index contributed by atoms with van der Waals surface area (Å²) in [5.74, 6) is 0.462. The third kappa shape index (κ3) is 6.09. The van der Waals surface area contributed by atoms with Crippen molar-refractivity contribution in [3.63, 3.8) is 0 Å². The first-order valence-corrected chi connectivity index (χ1v) is 10.9. The molecule has 0 spiro atoms. The number of rotatable bonds is 11. The molecule has 0 aliphatic carbocycles. The molecule has 1 aromatic carbocycles. The first-order valence-electron chi connectivity index (χ1n) is 9.08. The van der Waals surface area contributed by atoms with E-state index in [4.69, 9.17) is 16.7 Å². The highest BCUT2D eigenvalue weighted by molar-refractivity contribution is 7.89. The summed E-state index contributed by atoms with van der Waals surface area (Å²) >= 11 is 6.13. The Morgan fingerprint density at radius 3 is 2.40 bits per heavy atom. The summed E-state index contributed by atoms with van der Waals surface area (Å²) in [5, 5.41) is 21.3. The van der Waals surface area contributed by atoms with E-state index in [0.717, 1.165) is 0 Å². The molecule has 0 amide bonds. The van der Waals surface area contributed by atoms with E-state index in [1.165, 1.54) is 29.2 Å².